The normalized spacial score (nSPS) is 16.4. The van der Waals surface area contributed by atoms with Crippen molar-refractivity contribution in [3.05, 3.63) is 35.9 Å². The molecule has 5 nitrogen and oxygen atoms in total. The van der Waals surface area contributed by atoms with Crippen LogP contribution in [-0.4, -0.2) is 39.7 Å². The quantitative estimate of drug-likeness (QED) is 0.489. The SMILES string of the molecule is CCOC(=O)[C@H](C)[C@@H](OCOC)[C@H](C)[C@H](OC)c1ccccc1. The number of rotatable bonds is 10. The first-order valence-corrected chi connectivity index (χ1v) is 7.91. The fourth-order valence-corrected chi connectivity index (χ4v) is 2.78. The van der Waals surface area contributed by atoms with Crippen LogP contribution in [0.4, 0.5) is 0 Å². The van der Waals surface area contributed by atoms with Crippen LogP contribution in [-0.2, 0) is 23.7 Å². The van der Waals surface area contributed by atoms with Crippen LogP contribution in [0.25, 0.3) is 0 Å². The Bertz CT molecular complexity index is 448. The highest BCUT2D eigenvalue weighted by Gasteiger charge is 2.35. The van der Waals surface area contributed by atoms with E-state index in [-0.39, 0.29) is 30.9 Å². The molecular weight excluding hydrogens is 296 g/mol. The molecule has 23 heavy (non-hydrogen) atoms. The molecule has 0 spiro atoms. The molecule has 1 aromatic carbocycles. The topological polar surface area (TPSA) is 54.0 Å². The third kappa shape index (κ3) is 5.61. The van der Waals surface area contributed by atoms with E-state index in [0.717, 1.165) is 5.56 Å². The molecule has 0 aliphatic rings. The number of carbonyl (C=O) groups excluding carboxylic acids is 1. The predicted molar refractivity (Wildman–Crippen MR) is 87.9 cm³/mol. The lowest BCUT2D eigenvalue weighted by molar-refractivity contribution is -0.166. The minimum absolute atomic E-state index is 0.0584. The number of esters is 1. The summed E-state index contributed by atoms with van der Waals surface area (Å²) in [6, 6.07) is 9.91. The monoisotopic (exact) mass is 324 g/mol. The first kappa shape index (κ1) is 19.6. The van der Waals surface area contributed by atoms with Crippen LogP contribution in [0.2, 0.25) is 0 Å². The fourth-order valence-electron chi connectivity index (χ4n) is 2.78. The Morgan fingerprint density at radius 1 is 1.13 bits per heavy atom. The molecular formula is C18H28O5. The third-order valence-electron chi connectivity index (χ3n) is 3.91. The Labute approximate surface area is 138 Å². The van der Waals surface area contributed by atoms with Crippen LogP contribution < -0.4 is 0 Å². The van der Waals surface area contributed by atoms with Gasteiger partial charge in [0.15, 0.2) is 0 Å². The second kappa shape index (κ2) is 10.4. The lowest BCUT2D eigenvalue weighted by atomic mass is 9.86. The van der Waals surface area contributed by atoms with E-state index in [4.69, 9.17) is 18.9 Å². The van der Waals surface area contributed by atoms with Crippen LogP contribution in [0.1, 0.15) is 32.4 Å². The van der Waals surface area contributed by atoms with Crippen molar-refractivity contribution in [3.8, 4) is 0 Å². The predicted octanol–water partition coefficient (Wildman–Crippen LogP) is 3.20. The lowest BCUT2D eigenvalue weighted by Gasteiger charge is -2.33. The van der Waals surface area contributed by atoms with E-state index in [1.807, 2.05) is 44.2 Å². The summed E-state index contributed by atoms with van der Waals surface area (Å²) in [4.78, 5) is 12.1. The molecule has 5 heteroatoms. The number of hydrogen-bond acceptors (Lipinski definition) is 5. The van der Waals surface area contributed by atoms with Gasteiger partial charge in [0.1, 0.15) is 6.79 Å². The minimum Gasteiger partial charge on any atom is -0.466 e. The molecule has 0 fully saturated rings. The Morgan fingerprint density at radius 3 is 2.30 bits per heavy atom. The summed E-state index contributed by atoms with van der Waals surface area (Å²) in [6.07, 6.45) is -0.561. The maximum Gasteiger partial charge on any atom is 0.311 e. The molecule has 0 radical (unpaired) electrons. The van der Waals surface area contributed by atoms with Crippen LogP contribution in [0.15, 0.2) is 30.3 Å². The Hall–Kier alpha value is -1.43. The minimum atomic E-state index is -0.415. The lowest BCUT2D eigenvalue weighted by Crippen LogP contribution is -2.38. The number of carbonyl (C=O) groups is 1. The Kier molecular flexibility index (Phi) is 8.84. The zero-order chi connectivity index (χ0) is 17.2. The summed E-state index contributed by atoms with van der Waals surface area (Å²) in [5.74, 6) is -0.748. The Morgan fingerprint density at radius 2 is 1.78 bits per heavy atom. The van der Waals surface area contributed by atoms with Gasteiger partial charge in [0.05, 0.1) is 24.7 Å². The molecule has 0 saturated carbocycles. The summed E-state index contributed by atoms with van der Waals surface area (Å²) in [7, 11) is 3.22. The average Bonchev–Trinajstić information content (AvgIpc) is 2.57. The maximum atomic E-state index is 12.1. The van der Waals surface area contributed by atoms with Crippen molar-refractivity contribution in [3.63, 3.8) is 0 Å². The van der Waals surface area contributed by atoms with Crippen molar-refractivity contribution < 1.29 is 23.7 Å². The number of ether oxygens (including phenoxy) is 4. The zero-order valence-electron chi connectivity index (χ0n) is 14.7. The second-order valence-electron chi connectivity index (χ2n) is 5.50. The molecule has 1 rings (SSSR count). The zero-order valence-corrected chi connectivity index (χ0v) is 14.7. The number of hydrogen-bond donors (Lipinski definition) is 0. The van der Waals surface area contributed by atoms with Gasteiger partial charge in [0, 0.05) is 20.1 Å². The first-order chi connectivity index (χ1) is 11.1. The molecule has 0 amide bonds. The molecule has 0 aliphatic heterocycles. The van der Waals surface area contributed by atoms with Crippen molar-refractivity contribution in [2.75, 3.05) is 27.6 Å². The van der Waals surface area contributed by atoms with E-state index in [2.05, 4.69) is 0 Å². The van der Waals surface area contributed by atoms with Gasteiger partial charge < -0.3 is 18.9 Å². The van der Waals surface area contributed by atoms with E-state index in [1.165, 1.54) is 0 Å². The van der Waals surface area contributed by atoms with Gasteiger partial charge in [-0.3, -0.25) is 4.79 Å². The van der Waals surface area contributed by atoms with Crippen molar-refractivity contribution in [2.45, 2.75) is 33.0 Å². The van der Waals surface area contributed by atoms with Gasteiger partial charge in [-0.05, 0) is 19.4 Å². The summed E-state index contributed by atoms with van der Waals surface area (Å²) >= 11 is 0. The second-order valence-corrected chi connectivity index (χ2v) is 5.50. The molecule has 0 saturated heterocycles. The van der Waals surface area contributed by atoms with E-state index in [1.54, 1.807) is 21.1 Å². The van der Waals surface area contributed by atoms with Gasteiger partial charge in [-0.15, -0.1) is 0 Å². The molecule has 0 bridgehead atoms. The van der Waals surface area contributed by atoms with Gasteiger partial charge in [-0.2, -0.15) is 0 Å². The van der Waals surface area contributed by atoms with E-state index >= 15 is 0 Å². The van der Waals surface area contributed by atoms with Gasteiger partial charge in [0.2, 0.25) is 0 Å². The molecule has 0 N–H and O–H groups in total. The molecule has 0 heterocycles. The first-order valence-electron chi connectivity index (χ1n) is 7.91. The molecule has 0 unspecified atom stereocenters. The summed E-state index contributed by atoms with van der Waals surface area (Å²) in [5, 5.41) is 0. The molecule has 0 aromatic heterocycles. The largest absolute Gasteiger partial charge is 0.466 e. The van der Waals surface area contributed by atoms with E-state index in [9.17, 15) is 4.79 Å². The van der Waals surface area contributed by atoms with Gasteiger partial charge in [-0.25, -0.2) is 0 Å². The van der Waals surface area contributed by atoms with E-state index < -0.39 is 5.92 Å². The van der Waals surface area contributed by atoms with Crippen LogP contribution in [0.5, 0.6) is 0 Å². The number of benzene rings is 1. The maximum absolute atomic E-state index is 12.1. The highest BCUT2D eigenvalue weighted by molar-refractivity contribution is 5.72. The van der Waals surface area contributed by atoms with E-state index in [0.29, 0.717) is 6.61 Å². The average molecular weight is 324 g/mol. The fraction of sp³-hybridized carbons (Fsp3) is 0.611. The highest BCUT2D eigenvalue weighted by Crippen LogP contribution is 2.32. The van der Waals surface area contributed by atoms with Crippen molar-refractivity contribution in [1.29, 1.82) is 0 Å². The summed E-state index contributed by atoms with van der Waals surface area (Å²) < 4.78 is 21.6. The molecule has 1 aromatic rings. The van der Waals surface area contributed by atoms with Crippen LogP contribution in [0, 0.1) is 11.8 Å². The van der Waals surface area contributed by atoms with Crippen molar-refractivity contribution in [2.24, 2.45) is 11.8 Å². The number of methoxy groups -OCH3 is 2. The standard InChI is InChI=1S/C18H28O5/c1-6-22-18(19)14(3)16(23-12-20-4)13(2)17(21-5)15-10-8-7-9-11-15/h7-11,13-14,16-17H,6,12H2,1-5H3/t13-,14+,16-,17-/m0/s1. The van der Waals surface area contributed by atoms with Gasteiger partial charge in [0.25, 0.3) is 0 Å². The highest BCUT2D eigenvalue weighted by atomic mass is 16.7. The van der Waals surface area contributed by atoms with Gasteiger partial charge >= 0.3 is 5.97 Å². The van der Waals surface area contributed by atoms with Gasteiger partial charge in [-0.1, -0.05) is 37.3 Å². The smallest absolute Gasteiger partial charge is 0.311 e. The third-order valence-corrected chi connectivity index (χ3v) is 3.91. The molecule has 4 atom stereocenters. The Balaban J connectivity index is 2.96. The van der Waals surface area contributed by atoms with Crippen molar-refractivity contribution >= 4 is 5.97 Å². The van der Waals surface area contributed by atoms with Crippen LogP contribution in [0.3, 0.4) is 0 Å². The molecule has 130 valence electrons. The summed E-state index contributed by atoms with van der Waals surface area (Å²) in [5.41, 5.74) is 1.05. The summed E-state index contributed by atoms with van der Waals surface area (Å²) in [6.45, 7) is 6.08. The van der Waals surface area contributed by atoms with Crippen LogP contribution >= 0.6 is 0 Å². The molecule has 0 aliphatic carbocycles. The van der Waals surface area contributed by atoms with Crippen molar-refractivity contribution in [1.82, 2.24) is 0 Å².